The minimum atomic E-state index is -0.430. The van der Waals surface area contributed by atoms with E-state index in [9.17, 15) is 9.59 Å². The van der Waals surface area contributed by atoms with Gasteiger partial charge in [-0.25, -0.2) is 0 Å². The van der Waals surface area contributed by atoms with Crippen LogP contribution in [0.4, 0.5) is 5.69 Å². The monoisotopic (exact) mass is 386 g/mol. The molecule has 6 nitrogen and oxygen atoms in total. The molecule has 6 heteroatoms. The van der Waals surface area contributed by atoms with Gasteiger partial charge < -0.3 is 9.15 Å². The Morgan fingerprint density at radius 3 is 2.28 bits per heavy atom. The van der Waals surface area contributed by atoms with E-state index in [1.165, 1.54) is 0 Å². The highest BCUT2D eigenvalue weighted by Crippen LogP contribution is 2.30. The second-order valence-electron chi connectivity index (χ2n) is 6.28. The van der Waals surface area contributed by atoms with Gasteiger partial charge in [-0.1, -0.05) is 60.7 Å². The lowest BCUT2D eigenvalue weighted by Crippen LogP contribution is -2.34. The third kappa shape index (κ3) is 4.11. The average molecular weight is 386 g/mol. The molecule has 0 atom stereocenters. The van der Waals surface area contributed by atoms with Crippen molar-refractivity contribution in [3.63, 3.8) is 0 Å². The van der Waals surface area contributed by atoms with Crippen LogP contribution in [0.25, 0.3) is 22.3 Å². The van der Waals surface area contributed by atoms with E-state index in [4.69, 9.17) is 9.15 Å². The Morgan fingerprint density at radius 1 is 0.862 bits per heavy atom. The zero-order valence-electron chi connectivity index (χ0n) is 15.4. The highest BCUT2D eigenvalue weighted by Gasteiger charge is 2.18. The summed E-state index contributed by atoms with van der Waals surface area (Å²) in [6.07, 6.45) is 0. The van der Waals surface area contributed by atoms with Crippen LogP contribution < -0.4 is 21.0 Å². The summed E-state index contributed by atoms with van der Waals surface area (Å²) in [5.74, 6) is -0.136. The third-order valence-electron chi connectivity index (χ3n) is 4.26. The summed E-state index contributed by atoms with van der Waals surface area (Å²) < 4.78 is 11.6. The van der Waals surface area contributed by atoms with Crippen LogP contribution in [0.2, 0.25) is 0 Å². The fourth-order valence-corrected chi connectivity index (χ4v) is 2.87. The summed E-state index contributed by atoms with van der Waals surface area (Å²) in [6, 6.07) is 25.3. The van der Waals surface area contributed by atoms with Crippen LogP contribution in [0.5, 0.6) is 5.75 Å². The number of anilines is 1. The van der Waals surface area contributed by atoms with Gasteiger partial charge in [0.2, 0.25) is 11.2 Å². The van der Waals surface area contributed by atoms with Gasteiger partial charge >= 0.3 is 0 Å². The molecule has 0 fully saturated rings. The molecule has 144 valence electrons. The molecule has 1 aromatic heterocycles. The van der Waals surface area contributed by atoms with Crippen molar-refractivity contribution >= 4 is 22.6 Å². The number of hydrogen-bond donors (Lipinski definition) is 2. The van der Waals surface area contributed by atoms with Gasteiger partial charge in [-0.05, 0) is 24.3 Å². The molecular formula is C23H18N2O4. The molecule has 1 heterocycles. The van der Waals surface area contributed by atoms with E-state index in [1.807, 2.05) is 60.7 Å². The fraction of sp³-hybridized carbons (Fsp3) is 0.0435. The molecule has 0 radical (unpaired) electrons. The predicted octanol–water partition coefficient (Wildman–Crippen LogP) is 3.98. The normalized spacial score (nSPS) is 10.5. The molecule has 4 aromatic rings. The van der Waals surface area contributed by atoms with Crippen molar-refractivity contribution in [2.45, 2.75) is 0 Å². The number of benzene rings is 3. The number of amides is 1. The van der Waals surface area contributed by atoms with Crippen LogP contribution in [-0.2, 0) is 4.79 Å². The minimum Gasteiger partial charge on any atom is -0.476 e. The quantitative estimate of drug-likeness (QED) is 0.490. The molecule has 4 rings (SSSR count). The summed E-state index contributed by atoms with van der Waals surface area (Å²) >= 11 is 0. The molecule has 0 unspecified atom stereocenters. The summed E-state index contributed by atoms with van der Waals surface area (Å²) in [5.41, 5.74) is 6.88. The number of rotatable bonds is 6. The summed E-state index contributed by atoms with van der Waals surface area (Å²) in [7, 11) is 0. The van der Waals surface area contributed by atoms with E-state index in [0.717, 1.165) is 5.69 Å². The largest absolute Gasteiger partial charge is 0.476 e. The lowest BCUT2D eigenvalue weighted by Gasteiger charge is -2.12. The molecule has 0 saturated heterocycles. The smallest absolute Gasteiger partial charge is 0.276 e. The molecule has 0 saturated carbocycles. The number of nitrogens with one attached hydrogen (secondary N) is 2. The highest BCUT2D eigenvalue weighted by molar-refractivity contribution is 5.83. The van der Waals surface area contributed by atoms with Crippen molar-refractivity contribution in [3.8, 4) is 17.1 Å². The Kier molecular flexibility index (Phi) is 5.25. The summed E-state index contributed by atoms with van der Waals surface area (Å²) in [6.45, 7) is -0.344. The second kappa shape index (κ2) is 8.31. The molecule has 0 aliphatic heterocycles. The van der Waals surface area contributed by atoms with Crippen LogP contribution in [0.3, 0.4) is 0 Å². The number of fused-ring (bicyclic) bond motifs is 1. The van der Waals surface area contributed by atoms with Gasteiger partial charge in [-0.2, -0.15) is 0 Å². The minimum absolute atomic E-state index is 0.00441. The van der Waals surface area contributed by atoms with Crippen molar-refractivity contribution in [3.05, 3.63) is 95.2 Å². The van der Waals surface area contributed by atoms with Crippen molar-refractivity contribution in [2.24, 2.45) is 0 Å². The fourth-order valence-electron chi connectivity index (χ4n) is 2.87. The lowest BCUT2D eigenvalue weighted by atomic mass is 10.1. The average Bonchev–Trinajstić information content (AvgIpc) is 2.78. The molecule has 1 amide bonds. The van der Waals surface area contributed by atoms with Crippen molar-refractivity contribution in [1.82, 2.24) is 5.43 Å². The number of carbonyl (C=O) groups excluding carboxylic acids is 1. The first-order valence-corrected chi connectivity index (χ1v) is 9.06. The van der Waals surface area contributed by atoms with E-state index in [-0.39, 0.29) is 23.5 Å². The number of carbonyl (C=O) groups is 1. The van der Waals surface area contributed by atoms with Gasteiger partial charge in [0, 0.05) is 5.56 Å². The Labute approximate surface area is 166 Å². The van der Waals surface area contributed by atoms with Gasteiger partial charge in [-0.15, -0.1) is 0 Å². The first kappa shape index (κ1) is 18.3. The van der Waals surface area contributed by atoms with Crippen LogP contribution in [0.15, 0.2) is 94.1 Å². The zero-order chi connectivity index (χ0) is 20.1. The maximum absolute atomic E-state index is 13.0. The Morgan fingerprint density at radius 2 is 1.52 bits per heavy atom. The topological polar surface area (TPSA) is 80.6 Å². The van der Waals surface area contributed by atoms with E-state index in [1.54, 1.807) is 24.3 Å². The van der Waals surface area contributed by atoms with Crippen LogP contribution in [0, 0.1) is 0 Å². The Hall–Kier alpha value is -4.06. The van der Waals surface area contributed by atoms with Gasteiger partial charge in [-0.3, -0.25) is 20.4 Å². The number of ether oxygens (including phenoxy) is 1. The second-order valence-corrected chi connectivity index (χ2v) is 6.28. The maximum atomic E-state index is 13.0. The number of hydrogen-bond acceptors (Lipinski definition) is 5. The first-order valence-electron chi connectivity index (χ1n) is 9.06. The maximum Gasteiger partial charge on any atom is 0.276 e. The van der Waals surface area contributed by atoms with Crippen molar-refractivity contribution < 1.29 is 13.9 Å². The number of para-hydroxylation sites is 2. The standard InChI is InChI=1S/C23H18N2O4/c26-20(25-24-17-11-5-2-6-12-17)15-28-23-21(27)18-13-7-8-14-19(18)29-22(23)16-9-3-1-4-10-16/h1-14,24H,15H2,(H,25,26). The van der Waals surface area contributed by atoms with Gasteiger partial charge in [0.15, 0.2) is 12.4 Å². The van der Waals surface area contributed by atoms with E-state index >= 15 is 0 Å². The van der Waals surface area contributed by atoms with Gasteiger partial charge in [0.1, 0.15) is 5.58 Å². The molecule has 0 aliphatic rings. The lowest BCUT2D eigenvalue weighted by molar-refractivity contribution is -0.122. The summed E-state index contributed by atoms with van der Waals surface area (Å²) in [4.78, 5) is 25.2. The van der Waals surface area contributed by atoms with Crippen LogP contribution in [0.1, 0.15) is 0 Å². The van der Waals surface area contributed by atoms with E-state index < -0.39 is 5.91 Å². The first-order chi connectivity index (χ1) is 14.2. The van der Waals surface area contributed by atoms with Crippen LogP contribution in [-0.4, -0.2) is 12.5 Å². The molecule has 29 heavy (non-hydrogen) atoms. The zero-order valence-corrected chi connectivity index (χ0v) is 15.4. The molecule has 0 bridgehead atoms. The van der Waals surface area contributed by atoms with Crippen molar-refractivity contribution in [1.29, 1.82) is 0 Å². The molecule has 3 aromatic carbocycles. The SMILES string of the molecule is O=C(COc1c(-c2ccccc2)oc2ccccc2c1=O)NNc1ccccc1. The highest BCUT2D eigenvalue weighted by atomic mass is 16.5. The van der Waals surface area contributed by atoms with Gasteiger partial charge in [0.25, 0.3) is 5.91 Å². The molecule has 0 spiro atoms. The van der Waals surface area contributed by atoms with Gasteiger partial charge in [0.05, 0.1) is 11.1 Å². The third-order valence-corrected chi connectivity index (χ3v) is 4.26. The van der Waals surface area contributed by atoms with Crippen molar-refractivity contribution in [2.75, 3.05) is 12.0 Å². The van der Waals surface area contributed by atoms with E-state index in [0.29, 0.717) is 16.5 Å². The molecule has 0 aliphatic carbocycles. The Balaban J connectivity index is 1.59. The van der Waals surface area contributed by atoms with Crippen LogP contribution >= 0.6 is 0 Å². The summed E-state index contributed by atoms with van der Waals surface area (Å²) in [5, 5.41) is 0.394. The Bertz CT molecular complexity index is 1190. The van der Waals surface area contributed by atoms with E-state index in [2.05, 4.69) is 10.9 Å². The number of hydrazine groups is 1. The molecular weight excluding hydrogens is 368 g/mol. The predicted molar refractivity (Wildman–Crippen MR) is 112 cm³/mol. The molecule has 2 N–H and O–H groups in total.